The van der Waals surface area contributed by atoms with Crippen molar-refractivity contribution < 1.29 is 5.11 Å². The Morgan fingerprint density at radius 1 is 0.714 bits per heavy atom. The Labute approximate surface area is 131 Å². The summed E-state index contributed by atoms with van der Waals surface area (Å²) in [5, 5.41) is 10.4. The molecule has 0 saturated carbocycles. The van der Waals surface area contributed by atoms with E-state index in [1.807, 2.05) is 13.8 Å². The first-order chi connectivity index (χ1) is 9.17. The van der Waals surface area contributed by atoms with Crippen LogP contribution in [-0.2, 0) is 10.8 Å². The molecule has 120 valence electrons. The van der Waals surface area contributed by atoms with Gasteiger partial charge < -0.3 is 5.11 Å². The molecule has 0 saturated heterocycles. The Hall–Kier alpha value is -0.820. The Morgan fingerprint density at radius 3 is 1.43 bits per heavy atom. The molecule has 1 N–H and O–H groups in total. The van der Waals surface area contributed by atoms with Gasteiger partial charge in [-0.2, -0.15) is 0 Å². The Kier molecular flexibility index (Phi) is 4.71. The fourth-order valence-electron chi connectivity index (χ4n) is 3.12. The quantitative estimate of drug-likeness (QED) is 0.782. The third-order valence-electron chi connectivity index (χ3n) is 4.89. The molecule has 0 aliphatic carbocycles. The van der Waals surface area contributed by atoms with Gasteiger partial charge in [-0.1, -0.05) is 72.7 Å². The fourth-order valence-corrected chi connectivity index (χ4v) is 3.12. The molecule has 21 heavy (non-hydrogen) atoms. The van der Waals surface area contributed by atoms with E-state index in [4.69, 9.17) is 0 Å². The van der Waals surface area contributed by atoms with Crippen molar-refractivity contribution in [2.75, 3.05) is 0 Å². The van der Waals surface area contributed by atoms with Crippen LogP contribution in [0.5, 0.6) is 0 Å². The van der Waals surface area contributed by atoms with E-state index in [0.29, 0.717) is 5.41 Å². The fraction of sp³-hybridized carbons (Fsp3) is 0.700. The topological polar surface area (TPSA) is 20.2 Å². The van der Waals surface area contributed by atoms with E-state index >= 15 is 0 Å². The van der Waals surface area contributed by atoms with Crippen LogP contribution in [0.25, 0.3) is 0 Å². The normalized spacial score (nSPS) is 14.4. The van der Waals surface area contributed by atoms with E-state index in [2.05, 4.69) is 72.7 Å². The van der Waals surface area contributed by atoms with Crippen molar-refractivity contribution in [3.05, 3.63) is 35.4 Å². The zero-order valence-electron chi connectivity index (χ0n) is 15.5. The summed E-state index contributed by atoms with van der Waals surface area (Å²) < 4.78 is 0. The molecule has 0 heterocycles. The minimum atomic E-state index is -0.741. The first kappa shape index (κ1) is 18.2. The van der Waals surface area contributed by atoms with E-state index in [-0.39, 0.29) is 10.8 Å². The molecule has 0 atom stereocenters. The number of benzene rings is 1. The van der Waals surface area contributed by atoms with Crippen molar-refractivity contribution in [3.63, 3.8) is 0 Å². The van der Waals surface area contributed by atoms with Crippen molar-refractivity contribution in [3.8, 4) is 0 Å². The molecule has 0 aromatic heterocycles. The highest BCUT2D eigenvalue weighted by atomic mass is 16.3. The van der Waals surface area contributed by atoms with E-state index < -0.39 is 5.60 Å². The molecular weight excluding hydrogens is 256 g/mol. The molecule has 0 amide bonds. The summed E-state index contributed by atoms with van der Waals surface area (Å²) in [5.74, 6) is 0. The molecule has 0 aliphatic rings. The lowest BCUT2D eigenvalue weighted by atomic mass is 9.69. The summed E-state index contributed by atoms with van der Waals surface area (Å²) in [6, 6.07) is 8.82. The molecule has 1 aromatic carbocycles. The summed E-state index contributed by atoms with van der Waals surface area (Å²) in [6.45, 7) is 19.5. The Balaban J connectivity index is 3.09. The molecule has 1 heteroatoms. The Bertz CT molecular complexity index is 464. The molecule has 0 fully saturated rings. The van der Waals surface area contributed by atoms with E-state index in [9.17, 15) is 5.11 Å². The summed E-state index contributed by atoms with van der Waals surface area (Å²) in [5.41, 5.74) is 2.03. The highest BCUT2D eigenvalue weighted by Gasteiger charge is 2.36. The highest BCUT2D eigenvalue weighted by molar-refractivity contribution is 5.33. The standard InChI is InChI=1S/C20H34O/c1-17(2,3)14-18(4,5)15-10-12-16(13-11-15)19(6,7)20(8,9)21/h10-13,21H,14H2,1-9H3. The van der Waals surface area contributed by atoms with Crippen molar-refractivity contribution in [1.29, 1.82) is 0 Å². The molecule has 0 unspecified atom stereocenters. The van der Waals surface area contributed by atoms with Gasteiger partial charge in [-0.3, -0.25) is 0 Å². The maximum absolute atomic E-state index is 10.4. The van der Waals surface area contributed by atoms with Crippen LogP contribution >= 0.6 is 0 Å². The lowest BCUT2D eigenvalue weighted by Gasteiger charge is -2.38. The maximum atomic E-state index is 10.4. The highest BCUT2D eigenvalue weighted by Crippen LogP contribution is 2.38. The van der Waals surface area contributed by atoms with Gasteiger partial charge >= 0.3 is 0 Å². The zero-order valence-corrected chi connectivity index (χ0v) is 15.5. The maximum Gasteiger partial charge on any atom is 0.0682 e. The molecule has 1 nitrogen and oxygen atoms in total. The Morgan fingerprint density at radius 2 is 1.10 bits per heavy atom. The van der Waals surface area contributed by atoms with E-state index in [0.717, 1.165) is 6.42 Å². The van der Waals surface area contributed by atoms with Gasteiger partial charge in [-0.05, 0) is 42.2 Å². The minimum Gasteiger partial charge on any atom is -0.390 e. The second kappa shape index (κ2) is 5.43. The average Bonchev–Trinajstić information content (AvgIpc) is 2.24. The third-order valence-corrected chi connectivity index (χ3v) is 4.89. The van der Waals surface area contributed by atoms with Crippen molar-refractivity contribution in [1.82, 2.24) is 0 Å². The molecule has 0 radical (unpaired) electrons. The number of hydrogen-bond donors (Lipinski definition) is 1. The number of rotatable bonds is 4. The van der Waals surface area contributed by atoms with Gasteiger partial charge in [-0.15, -0.1) is 0 Å². The van der Waals surface area contributed by atoms with Crippen molar-refractivity contribution >= 4 is 0 Å². The largest absolute Gasteiger partial charge is 0.390 e. The van der Waals surface area contributed by atoms with E-state index in [1.165, 1.54) is 11.1 Å². The van der Waals surface area contributed by atoms with Crippen LogP contribution in [0.3, 0.4) is 0 Å². The smallest absolute Gasteiger partial charge is 0.0682 e. The van der Waals surface area contributed by atoms with Crippen LogP contribution < -0.4 is 0 Å². The average molecular weight is 290 g/mol. The molecule has 0 spiro atoms. The van der Waals surface area contributed by atoms with Crippen molar-refractivity contribution in [2.45, 2.75) is 85.2 Å². The van der Waals surface area contributed by atoms with Crippen LogP contribution in [0.2, 0.25) is 0 Å². The first-order valence-corrected chi connectivity index (χ1v) is 8.00. The van der Waals surface area contributed by atoms with Gasteiger partial charge in [0, 0.05) is 5.41 Å². The van der Waals surface area contributed by atoms with Crippen LogP contribution in [-0.4, -0.2) is 10.7 Å². The predicted octanol–water partition coefficient (Wildman–Crippen LogP) is 5.45. The molecule has 0 aliphatic heterocycles. The van der Waals surface area contributed by atoms with Gasteiger partial charge in [0.15, 0.2) is 0 Å². The van der Waals surface area contributed by atoms with Crippen LogP contribution in [0.15, 0.2) is 24.3 Å². The van der Waals surface area contributed by atoms with E-state index in [1.54, 1.807) is 0 Å². The van der Waals surface area contributed by atoms with Crippen LogP contribution in [0, 0.1) is 5.41 Å². The molecule has 0 bridgehead atoms. The number of aliphatic hydroxyl groups is 1. The second-order valence-electron chi connectivity index (χ2n) is 9.38. The third kappa shape index (κ3) is 4.32. The lowest BCUT2D eigenvalue weighted by molar-refractivity contribution is 0.00962. The molecule has 1 rings (SSSR count). The number of hydrogen-bond acceptors (Lipinski definition) is 1. The van der Waals surface area contributed by atoms with Crippen LogP contribution in [0.4, 0.5) is 0 Å². The summed E-state index contributed by atoms with van der Waals surface area (Å²) in [7, 11) is 0. The van der Waals surface area contributed by atoms with Gasteiger partial charge in [0.2, 0.25) is 0 Å². The lowest BCUT2D eigenvalue weighted by Crippen LogP contribution is -2.42. The van der Waals surface area contributed by atoms with Gasteiger partial charge in [0.1, 0.15) is 0 Å². The predicted molar refractivity (Wildman–Crippen MR) is 92.9 cm³/mol. The first-order valence-electron chi connectivity index (χ1n) is 8.00. The summed E-state index contributed by atoms with van der Waals surface area (Å²) in [4.78, 5) is 0. The van der Waals surface area contributed by atoms with Gasteiger partial charge in [0.05, 0.1) is 5.60 Å². The SMILES string of the molecule is CC(C)(C)CC(C)(C)c1ccc(C(C)(C)C(C)(C)O)cc1. The van der Waals surface area contributed by atoms with Crippen molar-refractivity contribution in [2.24, 2.45) is 5.41 Å². The second-order valence-corrected chi connectivity index (χ2v) is 9.38. The summed E-state index contributed by atoms with van der Waals surface area (Å²) >= 11 is 0. The monoisotopic (exact) mass is 290 g/mol. The van der Waals surface area contributed by atoms with Gasteiger partial charge in [0.25, 0.3) is 0 Å². The van der Waals surface area contributed by atoms with Gasteiger partial charge in [-0.25, -0.2) is 0 Å². The van der Waals surface area contributed by atoms with Crippen LogP contribution in [0.1, 0.15) is 79.9 Å². The zero-order chi connectivity index (χ0) is 16.7. The summed E-state index contributed by atoms with van der Waals surface area (Å²) in [6.07, 6.45) is 1.15. The minimum absolute atomic E-state index is 0.162. The molecular formula is C20H34O. The molecule has 1 aromatic rings.